The van der Waals surface area contributed by atoms with Crippen LogP contribution >= 0.6 is 0 Å². The zero-order valence-electron chi connectivity index (χ0n) is 9.08. The highest BCUT2D eigenvalue weighted by atomic mass is 32.2. The third-order valence-electron chi connectivity index (χ3n) is 2.26. The highest BCUT2D eigenvalue weighted by molar-refractivity contribution is 7.84. The van der Waals surface area contributed by atoms with Gasteiger partial charge in [0.2, 0.25) is 0 Å². The van der Waals surface area contributed by atoms with E-state index in [0.717, 1.165) is 18.6 Å². The summed E-state index contributed by atoms with van der Waals surface area (Å²) in [6, 6.07) is 3.14. The molecule has 0 fully saturated rings. The lowest BCUT2D eigenvalue weighted by atomic mass is 10.2. The highest BCUT2D eigenvalue weighted by Gasteiger charge is 2.10. The van der Waals surface area contributed by atoms with E-state index in [4.69, 9.17) is 5.73 Å². The fourth-order valence-corrected chi connectivity index (χ4v) is 2.64. The first kappa shape index (κ1) is 13.3. The first-order valence-electron chi connectivity index (χ1n) is 5.07. The van der Waals surface area contributed by atoms with Crippen molar-refractivity contribution >= 4 is 10.8 Å². The molecule has 0 aliphatic rings. The molecule has 0 aliphatic heterocycles. The van der Waals surface area contributed by atoms with E-state index in [2.05, 4.69) is 0 Å². The lowest BCUT2D eigenvalue weighted by Gasteiger charge is -2.08. The Morgan fingerprint density at radius 3 is 2.69 bits per heavy atom. The van der Waals surface area contributed by atoms with Crippen molar-refractivity contribution in [2.45, 2.75) is 25.1 Å². The van der Waals surface area contributed by atoms with Gasteiger partial charge in [-0.25, -0.2) is 8.78 Å². The van der Waals surface area contributed by atoms with Crippen molar-refractivity contribution < 1.29 is 13.0 Å². The van der Waals surface area contributed by atoms with Gasteiger partial charge >= 0.3 is 0 Å². The molecule has 0 spiro atoms. The van der Waals surface area contributed by atoms with E-state index in [1.165, 1.54) is 6.07 Å². The van der Waals surface area contributed by atoms with Crippen molar-refractivity contribution in [3.05, 3.63) is 35.4 Å². The van der Waals surface area contributed by atoms with Gasteiger partial charge in [0.05, 0.1) is 5.75 Å². The maximum Gasteiger partial charge on any atom is 0.130 e. The molecule has 0 aliphatic carbocycles. The van der Waals surface area contributed by atoms with Gasteiger partial charge in [0, 0.05) is 34.2 Å². The molecule has 2 nitrogen and oxygen atoms in total. The van der Waals surface area contributed by atoms with Crippen LogP contribution < -0.4 is 5.73 Å². The van der Waals surface area contributed by atoms with Crippen molar-refractivity contribution in [2.75, 3.05) is 5.75 Å². The Balaban J connectivity index is 2.63. The van der Waals surface area contributed by atoms with Crippen LogP contribution in [0.5, 0.6) is 0 Å². The Hall–Kier alpha value is -0.810. The summed E-state index contributed by atoms with van der Waals surface area (Å²) in [7, 11) is -1.21. The summed E-state index contributed by atoms with van der Waals surface area (Å²) in [6.07, 6.45) is 0.734. The van der Waals surface area contributed by atoms with E-state index in [-0.39, 0.29) is 17.4 Å². The zero-order valence-corrected chi connectivity index (χ0v) is 9.90. The van der Waals surface area contributed by atoms with Crippen molar-refractivity contribution in [2.24, 2.45) is 5.73 Å². The van der Waals surface area contributed by atoms with Crippen LogP contribution in [0.25, 0.3) is 0 Å². The van der Waals surface area contributed by atoms with Gasteiger partial charge in [-0.3, -0.25) is 4.21 Å². The minimum absolute atomic E-state index is 0.0831. The molecule has 1 aromatic rings. The Morgan fingerprint density at radius 1 is 1.44 bits per heavy atom. The quantitative estimate of drug-likeness (QED) is 0.864. The number of nitrogens with two attached hydrogens (primary N) is 1. The Bertz CT molecular complexity index is 384. The highest BCUT2D eigenvalue weighted by Crippen LogP contribution is 2.12. The molecule has 0 heterocycles. The lowest BCUT2D eigenvalue weighted by molar-refractivity contribution is 0.575. The van der Waals surface area contributed by atoms with Gasteiger partial charge in [-0.2, -0.15) is 0 Å². The lowest BCUT2D eigenvalue weighted by Crippen LogP contribution is -2.26. The first-order chi connectivity index (χ1) is 7.52. The second-order valence-electron chi connectivity index (χ2n) is 3.65. The first-order valence-corrected chi connectivity index (χ1v) is 6.56. The maximum absolute atomic E-state index is 13.2. The third kappa shape index (κ3) is 3.98. The van der Waals surface area contributed by atoms with E-state index in [0.29, 0.717) is 5.75 Å². The molecule has 1 rings (SSSR count). The molecule has 0 aromatic heterocycles. The average molecular weight is 247 g/mol. The fourth-order valence-electron chi connectivity index (χ4n) is 1.23. The fraction of sp³-hybridized carbons (Fsp3) is 0.455. The maximum atomic E-state index is 13.2. The molecule has 2 unspecified atom stereocenters. The van der Waals surface area contributed by atoms with Crippen LogP contribution in [0.2, 0.25) is 0 Å². The Labute approximate surface area is 96.3 Å². The normalized spacial score (nSPS) is 14.8. The van der Waals surface area contributed by atoms with E-state index < -0.39 is 22.4 Å². The van der Waals surface area contributed by atoms with Crippen LogP contribution in [0.3, 0.4) is 0 Å². The van der Waals surface area contributed by atoms with E-state index in [1.807, 2.05) is 6.92 Å². The van der Waals surface area contributed by atoms with E-state index >= 15 is 0 Å². The van der Waals surface area contributed by atoms with Gasteiger partial charge < -0.3 is 5.73 Å². The number of halogens is 2. The Morgan fingerprint density at radius 2 is 2.12 bits per heavy atom. The smallest absolute Gasteiger partial charge is 0.130 e. The van der Waals surface area contributed by atoms with Gasteiger partial charge in [-0.1, -0.05) is 13.0 Å². The second-order valence-corrected chi connectivity index (χ2v) is 5.16. The minimum Gasteiger partial charge on any atom is -0.327 e. The van der Waals surface area contributed by atoms with Crippen molar-refractivity contribution in [3.8, 4) is 0 Å². The summed E-state index contributed by atoms with van der Waals surface area (Å²) in [5.74, 6) is -0.858. The van der Waals surface area contributed by atoms with Gasteiger partial charge in [0.15, 0.2) is 0 Å². The average Bonchev–Trinajstić information content (AvgIpc) is 2.22. The molecule has 0 amide bonds. The second kappa shape index (κ2) is 6.06. The van der Waals surface area contributed by atoms with Crippen molar-refractivity contribution in [1.29, 1.82) is 0 Å². The molecular weight excluding hydrogens is 232 g/mol. The number of hydrogen-bond acceptors (Lipinski definition) is 2. The molecular formula is C11H15F2NOS. The van der Waals surface area contributed by atoms with Gasteiger partial charge in [0.25, 0.3) is 0 Å². The SMILES string of the molecule is CCC(N)CS(=O)Cc1ccc(F)cc1F. The van der Waals surface area contributed by atoms with E-state index in [1.54, 1.807) is 0 Å². The molecule has 0 saturated heterocycles. The summed E-state index contributed by atoms with van der Waals surface area (Å²) in [5.41, 5.74) is 5.91. The van der Waals surface area contributed by atoms with Crippen LogP contribution in [0.15, 0.2) is 18.2 Å². The molecule has 16 heavy (non-hydrogen) atoms. The van der Waals surface area contributed by atoms with Gasteiger partial charge in [0.1, 0.15) is 11.6 Å². The summed E-state index contributed by atoms with van der Waals surface area (Å²) in [6.45, 7) is 1.90. The molecule has 0 bridgehead atoms. The molecule has 2 N–H and O–H groups in total. The summed E-state index contributed by atoms with van der Waals surface area (Å²) >= 11 is 0. The van der Waals surface area contributed by atoms with E-state index in [9.17, 15) is 13.0 Å². The van der Waals surface area contributed by atoms with Gasteiger partial charge in [-0.05, 0) is 12.5 Å². The van der Waals surface area contributed by atoms with Crippen molar-refractivity contribution in [1.82, 2.24) is 0 Å². The molecule has 1 aromatic carbocycles. The molecule has 5 heteroatoms. The Kier molecular flexibility index (Phi) is 5.02. The number of benzene rings is 1. The summed E-state index contributed by atoms with van der Waals surface area (Å²) in [4.78, 5) is 0. The predicted molar refractivity (Wildman–Crippen MR) is 61.3 cm³/mol. The number of hydrogen-bond donors (Lipinski definition) is 1. The predicted octanol–water partition coefficient (Wildman–Crippen LogP) is 1.95. The molecule has 0 radical (unpaired) electrons. The zero-order chi connectivity index (χ0) is 12.1. The standard InChI is InChI=1S/C11H15F2NOS/c1-2-10(14)7-16(15)6-8-3-4-9(12)5-11(8)13/h3-5,10H,2,6-7,14H2,1H3. The largest absolute Gasteiger partial charge is 0.327 e. The van der Waals surface area contributed by atoms with Gasteiger partial charge in [-0.15, -0.1) is 0 Å². The van der Waals surface area contributed by atoms with Crippen LogP contribution in [0.4, 0.5) is 8.78 Å². The monoisotopic (exact) mass is 247 g/mol. The summed E-state index contributed by atoms with van der Waals surface area (Å²) < 4.78 is 37.4. The molecule has 90 valence electrons. The molecule has 0 saturated carbocycles. The third-order valence-corrected chi connectivity index (χ3v) is 3.69. The number of rotatable bonds is 5. The van der Waals surface area contributed by atoms with Crippen LogP contribution in [0, 0.1) is 11.6 Å². The van der Waals surface area contributed by atoms with Crippen LogP contribution in [-0.2, 0) is 16.6 Å². The van der Waals surface area contributed by atoms with Crippen LogP contribution in [-0.4, -0.2) is 16.0 Å². The molecule has 2 atom stereocenters. The van der Waals surface area contributed by atoms with Crippen molar-refractivity contribution in [3.63, 3.8) is 0 Å². The topological polar surface area (TPSA) is 43.1 Å². The summed E-state index contributed by atoms with van der Waals surface area (Å²) in [5, 5.41) is 0. The minimum atomic E-state index is -1.21. The van der Waals surface area contributed by atoms with Crippen LogP contribution in [0.1, 0.15) is 18.9 Å².